The lowest BCUT2D eigenvalue weighted by Gasteiger charge is -2.26. The number of halogens is 4. The first kappa shape index (κ1) is 29.7. The van der Waals surface area contributed by atoms with E-state index >= 15 is 0 Å². The van der Waals surface area contributed by atoms with Gasteiger partial charge in [0.25, 0.3) is 11.8 Å². The van der Waals surface area contributed by atoms with Crippen LogP contribution in [0.15, 0.2) is 95.0 Å². The zero-order valence-electron chi connectivity index (χ0n) is 21.6. The zero-order chi connectivity index (χ0) is 29.8. The summed E-state index contributed by atoms with van der Waals surface area (Å²) in [6.45, 7) is 0.453. The predicted octanol–water partition coefficient (Wildman–Crippen LogP) is 8.23. The number of urea groups is 1. The summed E-state index contributed by atoms with van der Waals surface area (Å²) in [5, 5.41) is 3.83. The molecule has 11 heteroatoms. The molecular formula is C31H20BrCl3N2O5. The van der Waals surface area contributed by atoms with E-state index in [0.29, 0.717) is 36.6 Å². The zero-order valence-corrected chi connectivity index (χ0v) is 25.4. The number of carbonyl (C=O) groups is 3. The van der Waals surface area contributed by atoms with Gasteiger partial charge in [-0.1, -0.05) is 65.1 Å². The summed E-state index contributed by atoms with van der Waals surface area (Å²) in [5.74, 6) is -0.519. The molecule has 0 bridgehead atoms. The number of imide groups is 2. The fourth-order valence-electron chi connectivity index (χ4n) is 4.04. The van der Waals surface area contributed by atoms with E-state index in [1.165, 1.54) is 6.08 Å². The van der Waals surface area contributed by atoms with Crippen LogP contribution in [0.25, 0.3) is 6.08 Å². The van der Waals surface area contributed by atoms with E-state index in [1.807, 2.05) is 18.2 Å². The monoisotopic (exact) mass is 684 g/mol. The van der Waals surface area contributed by atoms with E-state index in [4.69, 9.17) is 44.3 Å². The Kier molecular flexibility index (Phi) is 9.18. The molecule has 1 aliphatic heterocycles. The van der Waals surface area contributed by atoms with E-state index in [1.54, 1.807) is 66.7 Å². The van der Waals surface area contributed by atoms with Crippen LogP contribution >= 0.6 is 50.7 Å². The average Bonchev–Trinajstić information content (AvgIpc) is 2.96. The van der Waals surface area contributed by atoms with Gasteiger partial charge in [0.05, 0.1) is 10.2 Å². The van der Waals surface area contributed by atoms with Crippen molar-refractivity contribution in [3.05, 3.63) is 127 Å². The minimum Gasteiger partial charge on any atom is -0.489 e. The first-order valence-corrected chi connectivity index (χ1v) is 14.4. The van der Waals surface area contributed by atoms with Crippen LogP contribution in [0.3, 0.4) is 0 Å². The number of nitrogens with one attached hydrogen (secondary N) is 1. The average molecular weight is 687 g/mol. The second-order valence-corrected chi connectivity index (χ2v) is 11.2. The molecule has 4 aromatic carbocycles. The molecule has 0 atom stereocenters. The smallest absolute Gasteiger partial charge is 0.335 e. The van der Waals surface area contributed by atoms with E-state index in [-0.39, 0.29) is 24.5 Å². The number of hydrogen-bond acceptors (Lipinski definition) is 5. The number of hydrogen-bond donors (Lipinski definition) is 1. The number of nitrogens with zero attached hydrogens (tertiary/aromatic N) is 1. The van der Waals surface area contributed by atoms with Crippen LogP contribution in [0.1, 0.15) is 16.7 Å². The molecule has 0 unspecified atom stereocenters. The van der Waals surface area contributed by atoms with Crippen molar-refractivity contribution in [2.75, 3.05) is 4.90 Å². The molecule has 1 aliphatic rings. The lowest BCUT2D eigenvalue weighted by atomic mass is 10.1. The molecule has 212 valence electrons. The highest BCUT2D eigenvalue weighted by molar-refractivity contribution is 9.10. The van der Waals surface area contributed by atoms with Gasteiger partial charge in [-0.3, -0.25) is 14.9 Å². The van der Waals surface area contributed by atoms with Crippen molar-refractivity contribution >= 4 is 80.3 Å². The fraction of sp³-hybridized carbons (Fsp3) is 0.0645. The molecule has 0 spiro atoms. The maximum Gasteiger partial charge on any atom is 0.335 e. The minimum absolute atomic E-state index is 0.205. The molecule has 5 rings (SSSR count). The minimum atomic E-state index is -0.849. The summed E-state index contributed by atoms with van der Waals surface area (Å²) >= 11 is 21.8. The third kappa shape index (κ3) is 6.79. The van der Waals surface area contributed by atoms with Crippen LogP contribution in [0, 0.1) is 0 Å². The Morgan fingerprint density at radius 2 is 1.50 bits per heavy atom. The first-order chi connectivity index (χ1) is 20.2. The molecule has 0 aliphatic carbocycles. The Morgan fingerprint density at radius 1 is 0.786 bits per heavy atom. The summed E-state index contributed by atoms with van der Waals surface area (Å²) < 4.78 is 12.2. The van der Waals surface area contributed by atoms with Gasteiger partial charge < -0.3 is 9.47 Å². The van der Waals surface area contributed by atoms with Crippen molar-refractivity contribution in [1.82, 2.24) is 5.32 Å². The van der Waals surface area contributed by atoms with Crippen molar-refractivity contribution in [1.29, 1.82) is 0 Å². The van der Waals surface area contributed by atoms with Crippen molar-refractivity contribution in [3.8, 4) is 11.5 Å². The van der Waals surface area contributed by atoms with Gasteiger partial charge in [0.15, 0.2) is 0 Å². The second kappa shape index (κ2) is 13.0. The number of benzene rings is 4. The van der Waals surface area contributed by atoms with Crippen LogP contribution in [0.5, 0.6) is 11.5 Å². The molecule has 1 heterocycles. The molecule has 0 aromatic heterocycles. The highest BCUT2D eigenvalue weighted by Crippen LogP contribution is 2.30. The van der Waals surface area contributed by atoms with E-state index in [0.717, 1.165) is 16.0 Å². The van der Waals surface area contributed by atoms with Gasteiger partial charge in [-0.25, -0.2) is 9.69 Å². The molecular weight excluding hydrogens is 667 g/mol. The number of ether oxygens (including phenoxy) is 2. The fourth-order valence-corrected chi connectivity index (χ4v) is 5.21. The third-order valence-corrected chi connectivity index (χ3v) is 7.79. The molecule has 7 nitrogen and oxygen atoms in total. The Labute approximate surface area is 264 Å². The van der Waals surface area contributed by atoms with Gasteiger partial charge in [0, 0.05) is 26.2 Å². The third-order valence-electron chi connectivity index (χ3n) is 6.21. The highest BCUT2D eigenvalue weighted by Gasteiger charge is 2.36. The Balaban J connectivity index is 1.29. The molecule has 0 saturated carbocycles. The summed E-state index contributed by atoms with van der Waals surface area (Å²) in [6, 6.07) is 23.0. The van der Waals surface area contributed by atoms with Crippen LogP contribution in [0.2, 0.25) is 15.1 Å². The molecule has 0 radical (unpaired) electrons. The Hall–Kier alpha value is -3.82. The maximum atomic E-state index is 13.3. The topological polar surface area (TPSA) is 84.9 Å². The Morgan fingerprint density at radius 3 is 2.21 bits per heavy atom. The molecule has 4 aromatic rings. The van der Waals surface area contributed by atoms with Crippen LogP contribution < -0.4 is 19.7 Å². The van der Waals surface area contributed by atoms with E-state index < -0.39 is 17.8 Å². The number of carbonyl (C=O) groups excluding carboxylic acids is 3. The lowest BCUT2D eigenvalue weighted by Crippen LogP contribution is -2.54. The Bertz CT molecular complexity index is 1730. The highest BCUT2D eigenvalue weighted by atomic mass is 79.9. The van der Waals surface area contributed by atoms with Gasteiger partial charge in [-0.05, 0) is 82.2 Å². The summed E-state index contributed by atoms with van der Waals surface area (Å²) in [7, 11) is 0. The van der Waals surface area contributed by atoms with Gasteiger partial charge in [0.1, 0.15) is 30.3 Å². The SMILES string of the molecule is O=C1NC(=O)N(c2ccc(OCc3ccccc3Cl)cc2)C(=O)/C1=C/c1ccc(OCc2ccc(Cl)cc2Cl)c(Br)c1. The maximum absolute atomic E-state index is 13.3. The van der Waals surface area contributed by atoms with E-state index in [2.05, 4.69) is 21.2 Å². The standard InChI is InChI=1S/C31H20BrCl3N2O5/c32-25-14-18(5-12-28(25)42-17-20-6-7-21(33)15-27(20)35)13-24-29(38)36-31(40)37(30(24)39)22-8-10-23(11-9-22)41-16-19-3-1-2-4-26(19)34/h1-15H,16-17H2,(H,36,38,40)/b24-13+. The molecule has 1 fully saturated rings. The van der Waals surface area contributed by atoms with Gasteiger partial charge in [0.2, 0.25) is 0 Å². The quantitative estimate of drug-likeness (QED) is 0.149. The molecule has 1 N–H and O–H groups in total. The summed E-state index contributed by atoms with van der Waals surface area (Å²) in [5.41, 5.74) is 2.18. The molecule has 1 saturated heterocycles. The summed E-state index contributed by atoms with van der Waals surface area (Å²) in [4.78, 5) is 39.5. The molecule has 4 amide bonds. The lowest BCUT2D eigenvalue weighted by molar-refractivity contribution is -0.122. The number of anilines is 1. The summed E-state index contributed by atoms with van der Waals surface area (Å²) in [6.07, 6.45) is 1.41. The van der Waals surface area contributed by atoms with Crippen molar-refractivity contribution in [3.63, 3.8) is 0 Å². The predicted molar refractivity (Wildman–Crippen MR) is 166 cm³/mol. The number of amides is 4. The van der Waals surface area contributed by atoms with E-state index in [9.17, 15) is 14.4 Å². The van der Waals surface area contributed by atoms with Crippen molar-refractivity contribution in [2.45, 2.75) is 13.2 Å². The molecule has 42 heavy (non-hydrogen) atoms. The van der Waals surface area contributed by atoms with Crippen molar-refractivity contribution < 1.29 is 23.9 Å². The van der Waals surface area contributed by atoms with Crippen LogP contribution in [-0.4, -0.2) is 17.8 Å². The van der Waals surface area contributed by atoms with Crippen LogP contribution in [0.4, 0.5) is 10.5 Å². The largest absolute Gasteiger partial charge is 0.489 e. The van der Waals surface area contributed by atoms with Gasteiger partial charge in [-0.2, -0.15) is 0 Å². The number of barbiturate groups is 1. The first-order valence-electron chi connectivity index (χ1n) is 12.4. The number of rotatable bonds is 8. The normalized spacial score (nSPS) is 14.2. The van der Waals surface area contributed by atoms with Gasteiger partial charge >= 0.3 is 6.03 Å². The van der Waals surface area contributed by atoms with Crippen molar-refractivity contribution in [2.24, 2.45) is 0 Å². The van der Waals surface area contributed by atoms with Gasteiger partial charge in [-0.15, -0.1) is 0 Å². The second-order valence-electron chi connectivity index (χ2n) is 9.05. The van der Waals surface area contributed by atoms with Crippen LogP contribution in [-0.2, 0) is 22.8 Å².